The topological polar surface area (TPSA) is 86.4 Å². The third-order valence-corrected chi connectivity index (χ3v) is 5.93. The first-order valence-electron chi connectivity index (χ1n) is 12.0. The normalized spacial score (nSPS) is 13.3. The number of ether oxygens (including phenoxy) is 3. The molecule has 7 nitrogen and oxygen atoms in total. The number of nitrogens with zero attached hydrogens (tertiary/aromatic N) is 2. The molecule has 0 saturated carbocycles. The number of hydrogen-bond donors (Lipinski definition) is 1. The maximum absolute atomic E-state index is 12.2. The Balaban J connectivity index is 2.49. The number of halogens is 1. The van der Waals surface area contributed by atoms with Crippen molar-refractivity contribution in [2.24, 2.45) is 5.92 Å². The van der Waals surface area contributed by atoms with Crippen LogP contribution in [-0.4, -0.2) is 35.0 Å². The molecule has 0 amide bonds. The number of benzene rings is 1. The van der Waals surface area contributed by atoms with E-state index in [1.54, 1.807) is 11.6 Å². The van der Waals surface area contributed by atoms with Gasteiger partial charge in [-0.15, -0.1) is 0 Å². The average molecular weight is 504 g/mol. The second kappa shape index (κ2) is 12.2. The van der Waals surface area contributed by atoms with Crippen LogP contribution in [0.5, 0.6) is 0 Å². The van der Waals surface area contributed by atoms with E-state index in [9.17, 15) is 4.79 Å². The fourth-order valence-electron chi connectivity index (χ4n) is 3.42. The summed E-state index contributed by atoms with van der Waals surface area (Å²) in [6.45, 7) is 16.7. The molecule has 1 unspecified atom stereocenters. The van der Waals surface area contributed by atoms with Crippen LogP contribution >= 0.6 is 11.6 Å². The summed E-state index contributed by atoms with van der Waals surface area (Å²) >= 11 is 6.64. The summed E-state index contributed by atoms with van der Waals surface area (Å²) in [5.41, 5.74) is 3.58. The van der Waals surface area contributed by atoms with Crippen molar-refractivity contribution in [2.45, 2.75) is 80.1 Å². The van der Waals surface area contributed by atoms with Gasteiger partial charge in [0.1, 0.15) is 5.69 Å². The SMILES string of the molecule is CCn1nc(C)c(Cl)c1/C(OC(C)OC(=O)OCCC(C)C)=C(\C=N)c1ccc(C(C)(C)C)cc1. The Morgan fingerprint density at radius 3 is 2.31 bits per heavy atom. The van der Waals surface area contributed by atoms with Gasteiger partial charge in [0.15, 0.2) is 5.76 Å². The van der Waals surface area contributed by atoms with Crippen LogP contribution in [0, 0.1) is 18.3 Å². The van der Waals surface area contributed by atoms with Gasteiger partial charge in [0.25, 0.3) is 0 Å². The van der Waals surface area contributed by atoms with E-state index in [2.05, 4.69) is 25.9 Å². The monoisotopic (exact) mass is 503 g/mol. The molecule has 0 aliphatic heterocycles. The minimum absolute atomic E-state index is 0.00798. The number of carbonyl (C=O) groups excluding carboxylic acids is 1. The minimum Gasteiger partial charge on any atom is -0.452 e. The zero-order valence-electron chi connectivity index (χ0n) is 22.1. The number of hydrogen-bond acceptors (Lipinski definition) is 6. The Morgan fingerprint density at radius 1 is 1.17 bits per heavy atom. The summed E-state index contributed by atoms with van der Waals surface area (Å²) in [5, 5.41) is 13.1. The average Bonchev–Trinajstić information content (AvgIpc) is 3.06. The first kappa shape index (κ1) is 28.4. The van der Waals surface area contributed by atoms with Crippen LogP contribution in [0.2, 0.25) is 5.02 Å². The zero-order valence-corrected chi connectivity index (χ0v) is 22.8. The highest BCUT2D eigenvalue weighted by atomic mass is 35.5. The van der Waals surface area contributed by atoms with E-state index in [0.717, 1.165) is 12.0 Å². The van der Waals surface area contributed by atoms with Crippen LogP contribution in [0.3, 0.4) is 0 Å². The molecule has 35 heavy (non-hydrogen) atoms. The van der Waals surface area contributed by atoms with E-state index < -0.39 is 12.4 Å². The van der Waals surface area contributed by atoms with Crippen molar-refractivity contribution >= 4 is 35.3 Å². The van der Waals surface area contributed by atoms with E-state index in [4.69, 9.17) is 31.2 Å². The van der Waals surface area contributed by atoms with Gasteiger partial charge >= 0.3 is 6.16 Å². The van der Waals surface area contributed by atoms with Crippen molar-refractivity contribution in [3.8, 4) is 0 Å². The van der Waals surface area contributed by atoms with E-state index in [-0.39, 0.29) is 12.0 Å². The number of carbonyl (C=O) groups is 1. The zero-order chi connectivity index (χ0) is 26.3. The smallest absolute Gasteiger partial charge is 0.452 e. The van der Waals surface area contributed by atoms with Crippen molar-refractivity contribution in [1.82, 2.24) is 9.78 Å². The second-order valence-electron chi connectivity index (χ2n) is 9.86. The molecule has 0 radical (unpaired) electrons. The molecule has 0 aliphatic carbocycles. The van der Waals surface area contributed by atoms with E-state index in [1.165, 1.54) is 11.8 Å². The molecule has 192 valence electrons. The second-order valence-corrected chi connectivity index (χ2v) is 10.2. The van der Waals surface area contributed by atoms with Gasteiger partial charge in [0.2, 0.25) is 6.29 Å². The maximum atomic E-state index is 12.2. The van der Waals surface area contributed by atoms with Crippen LogP contribution < -0.4 is 0 Å². The van der Waals surface area contributed by atoms with E-state index >= 15 is 0 Å². The van der Waals surface area contributed by atoms with Crippen molar-refractivity contribution in [3.63, 3.8) is 0 Å². The van der Waals surface area contributed by atoms with Gasteiger partial charge in [-0.2, -0.15) is 5.10 Å². The molecule has 1 heterocycles. The van der Waals surface area contributed by atoms with Crippen molar-refractivity contribution < 1.29 is 19.0 Å². The number of rotatable bonds is 10. The standard InChI is InChI=1S/C27H38ClN3O4/c1-9-31-24(23(28)18(4)30-31)25(34-19(5)35-26(32)33-15-14-17(2)3)22(16-29)20-10-12-21(13-11-20)27(6,7)8/h10-13,16-17,19,29H,9,14-15H2,1-8H3/b25-22-,29-16?. The molecule has 2 rings (SSSR count). The van der Waals surface area contributed by atoms with Crippen molar-refractivity contribution in [3.05, 3.63) is 51.8 Å². The predicted molar refractivity (Wildman–Crippen MR) is 141 cm³/mol. The lowest BCUT2D eigenvalue weighted by atomic mass is 9.86. The quantitative estimate of drug-likeness (QED) is 0.160. The summed E-state index contributed by atoms with van der Waals surface area (Å²) in [4.78, 5) is 12.2. The van der Waals surface area contributed by atoms with Gasteiger partial charge in [-0.3, -0.25) is 4.68 Å². The molecule has 1 atom stereocenters. The summed E-state index contributed by atoms with van der Waals surface area (Å²) in [6.07, 6.45) is 0.155. The van der Waals surface area contributed by atoms with Crippen LogP contribution in [-0.2, 0) is 26.2 Å². The molecule has 0 bridgehead atoms. The van der Waals surface area contributed by atoms with Crippen LogP contribution in [0.25, 0.3) is 11.3 Å². The van der Waals surface area contributed by atoms with Gasteiger partial charge < -0.3 is 19.6 Å². The number of aromatic nitrogens is 2. The summed E-state index contributed by atoms with van der Waals surface area (Å²) in [5.74, 6) is 0.712. The van der Waals surface area contributed by atoms with Gasteiger partial charge in [0, 0.05) is 25.3 Å². The van der Waals surface area contributed by atoms with Gasteiger partial charge in [0.05, 0.1) is 17.3 Å². The molecule has 0 saturated heterocycles. The first-order chi connectivity index (χ1) is 16.4. The van der Waals surface area contributed by atoms with Gasteiger partial charge in [-0.05, 0) is 42.7 Å². The highest BCUT2D eigenvalue weighted by Gasteiger charge is 2.25. The summed E-state index contributed by atoms with van der Waals surface area (Å²) in [7, 11) is 0. The Morgan fingerprint density at radius 2 is 1.80 bits per heavy atom. The lowest BCUT2D eigenvalue weighted by Gasteiger charge is -2.22. The molecule has 1 aromatic carbocycles. The highest BCUT2D eigenvalue weighted by Crippen LogP contribution is 2.35. The fraction of sp³-hybridized carbons (Fsp3) is 0.519. The number of aryl methyl sites for hydroxylation is 2. The Kier molecular flexibility index (Phi) is 9.95. The molecule has 1 aromatic heterocycles. The predicted octanol–water partition coefficient (Wildman–Crippen LogP) is 7.24. The highest BCUT2D eigenvalue weighted by molar-refractivity contribution is 6.33. The number of nitrogens with one attached hydrogen (secondary N) is 1. The molecular weight excluding hydrogens is 466 g/mol. The minimum atomic E-state index is -0.989. The maximum Gasteiger partial charge on any atom is 0.511 e. The summed E-state index contributed by atoms with van der Waals surface area (Å²) < 4.78 is 18.3. The van der Waals surface area contributed by atoms with Crippen molar-refractivity contribution in [2.75, 3.05) is 6.61 Å². The van der Waals surface area contributed by atoms with Crippen LogP contribution in [0.4, 0.5) is 4.79 Å². The lowest BCUT2D eigenvalue weighted by Crippen LogP contribution is -2.21. The largest absolute Gasteiger partial charge is 0.511 e. The molecule has 0 aliphatic rings. The van der Waals surface area contributed by atoms with Crippen LogP contribution in [0.1, 0.15) is 77.4 Å². The van der Waals surface area contributed by atoms with E-state index in [0.29, 0.717) is 40.2 Å². The molecular formula is C27H38ClN3O4. The van der Waals surface area contributed by atoms with Gasteiger partial charge in [-0.25, -0.2) is 4.79 Å². The van der Waals surface area contributed by atoms with Crippen molar-refractivity contribution in [1.29, 1.82) is 5.41 Å². The van der Waals surface area contributed by atoms with Crippen LogP contribution in [0.15, 0.2) is 24.3 Å². The third-order valence-electron chi connectivity index (χ3n) is 5.48. The first-order valence-corrected chi connectivity index (χ1v) is 12.4. The Bertz CT molecular complexity index is 1050. The molecule has 1 N–H and O–H groups in total. The Hall–Kier alpha value is -2.80. The fourth-order valence-corrected chi connectivity index (χ4v) is 3.64. The van der Waals surface area contributed by atoms with E-state index in [1.807, 2.05) is 52.0 Å². The Labute approximate surface area is 213 Å². The molecule has 0 spiro atoms. The molecule has 2 aromatic rings. The number of allylic oxidation sites excluding steroid dienone is 1. The molecule has 0 fully saturated rings. The molecule has 8 heteroatoms. The summed E-state index contributed by atoms with van der Waals surface area (Å²) in [6, 6.07) is 7.96. The third kappa shape index (κ3) is 7.59. The lowest BCUT2D eigenvalue weighted by molar-refractivity contribution is -0.0676. The van der Waals surface area contributed by atoms with Gasteiger partial charge in [-0.1, -0.05) is 70.5 Å².